The molecule has 4 heteroatoms. The minimum atomic E-state index is -1.85. The molecule has 17 heavy (non-hydrogen) atoms. The third-order valence-electron chi connectivity index (χ3n) is 4.54. The fourth-order valence-corrected chi connectivity index (χ4v) is 3.99. The highest BCUT2D eigenvalue weighted by Gasteiger charge is 2.48. The van der Waals surface area contributed by atoms with E-state index in [0.717, 1.165) is 19.3 Å². The smallest absolute Gasteiger partial charge is 0.192 e. The van der Waals surface area contributed by atoms with Crippen LogP contribution in [-0.2, 0) is 4.43 Å². The lowest BCUT2D eigenvalue weighted by atomic mass is 9.81. The van der Waals surface area contributed by atoms with E-state index in [-0.39, 0.29) is 11.1 Å². The van der Waals surface area contributed by atoms with Crippen LogP contribution in [0, 0.1) is 0 Å². The molecule has 0 radical (unpaired) electrons. The first-order valence-corrected chi connectivity index (χ1v) is 9.54. The number of aliphatic hydroxyl groups is 1. The predicted octanol–water partition coefficient (Wildman–Crippen LogP) is 2.64. The van der Waals surface area contributed by atoms with Crippen molar-refractivity contribution in [3.8, 4) is 0 Å². The van der Waals surface area contributed by atoms with Gasteiger partial charge >= 0.3 is 0 Å². The Morgan fingerprint density at radius 2 is 1.88 bits per heavy atom. The molecule has 0 saturated heterocycles. The van der Waals surface area contributed by atoms with Gasteiger partial charge in [-0.05, 0) is 44.3 Å². The van der Waals surface area contributed by atoms with E-state index in [9.17, 15) is 5.11 Å². The van der Waals surface area contributed by atoms with E-state index >= 15 is 0 Å². The number of hydrogen-bond acceptors (Lipinski definition) is 3. The number of nitrogens with two attached hydrogens (primary N) is 1. The minimum Gasteiger partial charge on any atom is -0.409 e. The maximum absolute atomic E-state index is 10.3. The molecule has 0 aromatic rings. The maximum atomic E-state index is 10.3. The van der Waals surface area contributed by atoms with Gasteiger partial charge in [0.1, 0.15) is 0 Å². The molecule has 1 aliphatic carbocycles. The van der Waals surface area contributed by atoms with Crippen molar-refractivity contribution < 1.29 is 9.53 Å². The van der Waals surface area contributed by atoms with Crippen molar-refractivity contribution in [1.29, 1.82) is 0 Å². The first-order chi connectivity index (χ1) is 7.50. The second-order valence-corrected chi connectivity index (χ2v) is 11.9. The van der Waals surface area contributed by atoms with Gasteiger partial charge in [0.25, 0.3) is 0 Å². The molecule has 3 N–H and O–H groups in total. The van der Waals surface area contributed by atoms with E-state index < -0.39 is 20.0 Å². The average Bonchev–Trinajstić information content (AvgIpc) is 2.11. The molecule has 0 unspecified atom stereocenters. The summed E-state index contributed by atoms with van der Waals surface area (Å²) >= 11 is 0. The Kier molecular flexibility index (Phi) is 4.14. The van der Waals surface area contributed by atoms with Crippen molar-refractivity contribution in [1.82, 2.24) is 0 Å². The maximum Gasteiger partial charge on any atom is 0.192 e. The third kappa shape index (κ3) is 3.11. The third-order valence-corrected chi connectivity index (χ3v) is 9.13. The van der Waals surface area contributed by atoms with Gasteiger partial charge in [-0.2, -0.15) is 0 Å². The lowest BCUT2D eigenvalue weighted by Gasteiger charge is -2.49. The fraction of sp³-hybridized carbons (Fsp3) is 1.00. The standard InChI is InChI=1S/C13H29NO2Si/c1-12(2,3)17(5,6)16-13(4)9-7-8-10(14)11(13)15/h10-11,15H,7-9,14H2,1-6H3/t10-,11+,13+/m0/s1. The van der Waals surface area contributed by atoms with Crippen molar-refractivity contribution in [2.75, 3.05) is 0 Å². The van der Waals surface area contributed by atoms with E-state index in [1.807, 2.05) is 6.92 Å². The zero-order valence-electron chi connectivity index (χ0n) is 12.2. The summed E-state index contributed by atoms with van der Waals surface area (Å²) in [5, 5.41) is 10.5. The van der Waals surface area contributed by atoms with Crippen molar-refractivity contribution in [3.05, 3.63) is 0 Å². The molecule has 0 spiro atoms. The summed E-state index contributed by atoms with van der Waals surface area (Å²) in [4.78, 5) is 0. The van der Waals surface area contributed by atoms with Gasteiger partial charge < -0.3 is 15.3 Å². The lowest BCUT2D eigenvalue weighted by Crippen LogP contribution is -2.60. The summed E-state index contributed by atoms with van der Waals surface area (Å²) in [6.07, 6.45) is 2.32. The van der Waals surface area contributed by atoms with Gasteiger partial charge in [0.15, 0.2) is 8.32 Å². The Morgan fingerprint density at radius 1 is 1.35 bits per heavy atom. The summed E-state index contributed by atoms with van der Waals surface area (Å²) < 4.78 is 6.42. The van der Waals surface area contributed by atoms with Crippen LogP contribution in [0.3, 0.4) is 0 Å². The Bertz CT molecular complexity index is 275. The molecule has 0 aromatic heterocycles. The number of aliphatic hydroxyl groups excluding tert-OH is 1. The highest BCUT2D eigenvalue weighted by molar-refractivity contribution is 6.74. The van der Waals surface area contributed by atoms with Crippen molar-refractivity contribution in [2.45, 2.75) is 82.8 Å². The summed E-state index contributed by atoms with van der Waals surface area (Å²) in [5.41, 5.74) is 5.51. The van der Waals surface area contributed by atoms with E-state index in [4.69, 9.17) is 10.2 Å². The molecule has 1 rings (SSSR count). The molecule has 3 nitrogen and oxygen atoms in total. The molecule has 0 aliphatic heterocycles. The fourth-order valence-electron chi connectivity index (χ4n) is 2.29. The van der Waals surface area contributed by atoms with Gasteiger partial charge in [-0.3, -0.25) is 0 Å². The van der Waals surface area contributed by atoms with E-state index in [1.54, 1.807) is 0 Å². The molecule has 0 amide bonds. The summed E-state index contributed by atoms with van der Waals surface area (Å²) in [6, 6.07) is -0.140. The van der Waals surface area contributed by atoms with E-state index in [0.29, 0.717) is 0 Å². The topological polar surface area (TPSA) is 55.5 Å². The molecule has 102 valence electrons. The van der Waals surface area contributed by atoms with Gasteiger partial charge in [-0.25, -0.2) is 0 Å². The number of hydrogen-bond donors (Lipinski definition) is 2. The monoisotopic (exact) mass is 259 g/mol. The highest BCUT2D eigenvalue weighted by Crippen LogP contribution is 2.42. The van der Waals surface area contributed by atoms with Crippen molar-refractivity contribution in [2.24, 2.45) is 5.73 Å². The van der Waals surface area contributed by atoms with Crippen LogP contribution in [0.1, 0.15) is 47.0 Å². The molecule has 1 saturated carbocycles. The second kappa shape index (κ2) is 4.65. The molecule has 0 aromatic carbocycles. The molecule has 1 aliphatic rings. The largest absolute Gasteiger partial charge is 0.409 e. The Morgan fingerprint density at radius 3 is 2.35 bits per heavy atom. The second-order valence-electron chi connectivity index (χ2n) is 7.18. The predicted molar refractivity (Wildman–Crippen MR) is 74.5 cm³/mol. The normalized spacial score (nSPS) is 36.0. The molecule has 0 heterocycles. The van der Waals surface area contributed by atoms with Gasteiger partial charge in [0.05, 0.1) is 11.7 Å². The molecule has 1 fully saturated rings. The Labute approximate surface area is 107 Å². The van der Waals surface area contributed by atoms with Gasteiger partial charge in [0.2, 0.25) is 0 Å². The summed E-state index contributed by atoms with van der Waals surface area (Å²) in [5.74, 6) is 0. The van der Waals surface area contributed by atoms with Crippen LogP contribution < -0.4 is 5.73 Å². The molecular formula is C13H29NO2Si. The van der Waals surface area contributed by atoms with Crippen LogP contribution in [0.15, 0.2) is 0 Å². The first-order valence-electron chi connectivity index (χ1n) is 6.63. The summed E-state index contributed by atoms with van der Waals surface area (Å²) in [7, 11) is -1.85. The van der Waals surface area contributed by atoms with Crippen LogP contribution in [0.4, 0.5) is 0 Å². The average molecular weight is 259 g/mol. The first kappa shape index (κ1) is 15.2. The molecule has 3 atom stereocenters. The van der Waals surface area contributed by atoms with E-state index in [1.165, 1.54) is 0 Å². The van der Waals surface area contributed by atoms with Crippen LogP contribution in [-0.4, -0.2) is 31.2 Å². The van der Waals surface area contributed by atoms with Gasteiger partial charge in [0, 0.05) is 6.04 Å². The van der Waals surface area contributed by atoms with Crippen molar-refractivity contribution in [3.63, 3.8) is 0 Å². The summed E-state index contributed by atoms with van der Waals surface area (Å²) in [6.45, 7) is 13.1. The highest BCUT2D eigenvalue weighted by atomic mass is 28.4. The van der Waals surface area contributed by atoms with Crippen LogP contribution in [0.2, 0.25) is 18.1 Å². The minimum absolute atomic E-state index is 0.140. The van der Waals surface area contributed by atoms with Gasteiger partial charge in [-0.15, -0.1) is 0 Å². The lowest BCUT2D eigenvalue weighted by molar-refractivity contribution is -0.0854. The zero-order valence-corrected chi connectivity index (χ0v) is 13.2. The van der Waals surface area contributed by atoms with Crippen LogP contribution >= 0.6 is 0 Å². The SMILES string of the molecule is CC(C)(C)[Si](C)(C)O[C@]1(C)CCC[C@H](N)[C@H]1O. The molecular weight excluding hydrogens is 230 g/mol. The Hall–Kier alpha value is 0.0969. The molecule has 0 bridgehead atoms. The van der Waals surface area contributed by atoms with Crippen LogP contribution in [0.5, 0.6) is 0 Å². The Balaban J connectivity index is 2.85. The zero-order chi connectivity index (χ0) is 13.5. The quantitative estimate of drug-likeness (QED) is 0.750. The van der Waals surface area contributed by atoms with E-state index in [2.05, 4.69) is 33.9 Å². The van der Waals surface area contributed by atoms with Crippen molar-refractivity contribution >= 4 is 8.32 Å². The van der Waals surface area contributed by atoms with Crippen LogP contribution in [0.25, 0.3) is 0 Å². The number of rotatable bonds is 2. The van der Waals surface area contributed by atoms with Gasteiger partial charge in [-0.1, -0.05) is 20.8 Å².